The van der Waals surface area contributed by atoms with Crippen molar-refractivity contribution in [3.8, 4) is 11.5 Å². The van der Waals surface area contributed by atoms with Crippen molar-refractivity contribution in [1.29, 1.82) is 0 Å². The molecule has 106 valence electrons. The molecule has 0 bridgehead atoms. The lowest BCUT2D eigenvalue weighted by molar-refractivity contribution is 0.340. The molecule has 0 saturated heterocycles. The van der Waals surface area contributed by atoms with E-state index >= 15 is 0 Å². The molecule has 0 aliphatic rings. The number of rotatable bonds is 6. The van der Waals surface area contributed by atoms with Crippen LogP contribution in [0.2, 0.25) is 0 Å². The molecule has 0 heterocycles. The second-order valence-electron chi connectivity index (χ2n) is 4.49. The molecule has 0 saturated carbocycles. The van der Waals surface area contributed by atoms with Gasteiger partial charge in [-0.1, -0.05) is 46.3 Å². The molecule has 0 amide bonds. The first-order valence-electron chi connectivity index (χ1n) is 6.73. The van der Waals surface area contributed by atoms with Gasteiger partial charge in [-0.25, -0.2) is 0 Å². The predicted molar refractivity (Wildman–Crippen MR) is 86.0 cm³/mol. The van der Waals surface area contributed by atoms with Crippen LogP contribution < -0.4 is 9.47 Å². The van der Waals surface area contributed by atoms with Crippen LogP contribution in [0.1, 0.15) is 22.9 Å². The molecule has 2 aromatic carbocycles. The number of para-hydroxylation sites is 1. The van der Waals surface area contributed by atoms with Crippen LogP contribution in [-0.4, -0.2) is 13.7 Å². The Labute approximate surface area is 128 Å². The van der Waals surface area contributed by atoms with Crippen LogP contribution in [0.25, 0.3) is 0 Å². The van der Waals surface area contributed by atoms with Crippen molar-refractivity contribution in [1.82, 2.24) is 0 Å². The zero-order chi connectivity index (χ0) is 14.4. The van der Waals surface area contributed by atoms with Gasteiger partial charge in [0.15, 0.2) is 0 Å². The number of halogens is 1. The summed E-state index contributed by atoms with van der Waals surface area (Å²) in [5.74, 6) is 1.84. The van der Waals surface area contributed by atoms with E-state index in [4.69, 9.17) is 9.47 Å². The van der Waals surface area contributed by atoms with E-state index in [1.165, 1.54) is 11.1 Å². The Morgan fingerprint density at radius 1 is 1.05 bits per heavy atom. The number of methoxy groups -OCH3 is 1. The van der Waals surface area contributed by atoms with Crippen molar-refractivity contribution in [2.24, 2.45) is 0 Å². The maximum atomic E-state index is 5.46. The highest BCUT2D eigenvalue weighted by atomic mass is 79.9. The second-order valence-corrected chi connectivity index (χ2v) is 5.59. The number of alkyl halides is 1. The molecule has 0 N–H and O–H groups in total. The lowest BCUT2D eigenvalue weighted by Gasteiger charge is -2.13. The summed E-state index contributed by atoms with van der Waals surface area (Å²) in [5, 5.41) is 0. The molecule has 0 spiro atoms. The molecule has 2 rings (SSSR count). The molecule has 0 aliphatic carbocycles. The molecule has 0 radical (unpaired) electrons. The highest BCUT2D eigenvalue weighted by Gasteiger charge is 2.11. The number of hydrogen-bond acceptors (Lipinski definition) is 2. The van der Waals surface area contributed by atoms with Crippen molar-refractivity contribution in [3.05, 3.63) is 59.7 Å². The van der Waals surface area contributed by atoms with Crippen LogP contribution in [0.4, 0.5) is 0 Å². The minimum absolute atomic E-state index is 0.259. The fourth-order valence-electron chi connectivity index (χ4n) is 2.12. The Kier molecular flexibility index (Phi) is 5.48. The van der Waals surface area contributed by atoms with Gasteiger partial charge in [-0.05, 0) is 42.7 Å². The standard InChI is InChI=1S/C17H19BrO2/c1-3-20-15-10-8-13(9-11-15)16(18)12-14-6-4-5-7-17(14)19-2/h4-11,16H,3,12H2,1-2H3. The molecule has 2 nitrogen and oxygen atoms in total. The SMILES string of the molecule is CCOc1ccc(C(Br)Cc2ccccc2OC)cc1. The topological polar surface area (TPSA) is 18.5 Å². The summed E-state index contributed by atoms with van der Waals surface area (Å²) in [6.07, 6.45) is 0.887. The van der Waals surface area contributed by atoms with E-state index in [2.05, 4.69) is 34.1 Å². The number of benzene rings is 2. The van der Waals surface area contributed by atoms with E-state index in [0.29, 0.717) is 6.61 Å². The average molecular weight is 335 g/mol. The van der Waals surface area contributed by atoms with Gasteiger partial charge in [-0.3, -0.25) is 0 Å². The van der Waals surface area contributed by atoms with E-state index in [1.54, 1.807) is 7.11 Å². The van der Waals surface area contributed by atoms with Crippen LogP contribution in [0.3, 0.4) is 0 Å². The van der Waals surface area contributed by atoms with E-state index in [0.717, 1.165) is 17.9 Å². The maximum absolute atomic E-state index is 5.46. The van der Waals surface area contributed by atoms with E-state index in [9.17, 15) is 0 Å². The summed E-state index contributed by atoms with van der Waals surface area (Å²) >= 11 is 3.75. The quantitative estimate of drug-likeness (QED) is 0.708. The molecule has 0 fully saturated rings. The zero-order valence-corrected chi connectivity index (χ0v) is 13.4. The fourth-order valence-corrected chi connectivity index (χ4v) is 2.78. The lowest BCUT2D eigenvalue weighted by Crippen LogP contribution is -1.98. The number of hydrogen-bond donors (Lipinski definition) is 0. The third-order valence-electron chi connectivity index (χ3n) is 3.14. The molecule has 0 aliphatic heterocycles. The van der Waals surface area contributed by atoms with E-state index < -0.39 is 0 Å². The Hall–Kier alpha value is -1.48. The average Bonchev–Trinajstić information content (AvgIpc) is 2.49. The highest BCUT2D eigenvalue weighted by Crippen LogP contribution is 2.31. The normalized spacial score (nSPS) is 11.9. The minimum Gasteiger partial charge on any atom is -0.496 e. The lowest BCUT2D eigenvalue weighted by atomic mass is 10.0. The second kappa shape index (κ2) is 7.34. The third-order valence-corrected chi connectivity index (χ3v) is 4.00. The highest BCUT2D eigenvalue weighted by molar-refractivity contribution is 9.09. The zero-order valence-electron chi connectivity index (χ0n) is 11.8. The van der Waals surface area contributed by atoms with Gasteiger partial charge in [0.05, 0.1) is 13.7 Å². The molecule has 1 atom stereocenters. The van der Waals surface area contributed by atoms with Crippen molar-refractivity contribution >= 4 is 15.9 Å². The van der Waals surface area contributed by atoms with Gasteiger partial charge in [0, 0.05) is 4.83 Å². The van der Waals surface area contributed by atoms with Crippen LogP contribution in [0.15, 0.2) is 48.5 Å². The van der Waals surface area contributed by atoms with Crippen LogP contribution >= 0.6 is 15.9 Å². The molecule has 2 aromatic rings. The molecule has 1 unspecified atom stereocenters. The summed E-state index contributed by atoms with van der Waals surface area (Å²) in [6.45, 7) is 2.68. The molecule has 0 aromatic heterocycles. The molecular formula is C17H19BrO2. The van der Waals surface area contributed by atoms with Gasteiger partial charge in [0.25, 0.3) is 0 Å². The minimum atomic E-state index is 0.259. The van der Waals surface area contributed by atoms with E-state index in [-0.39, 0.29) is 4.83 Å². The molecular weight excluding hydrogens is 316 g/mol. The van der Waals surface area contributed by atoms with Gasteiger partial charge in [-0.2, -0.15) is 0 Å². The Bertz CT molecular complexity index is 537. The van der Waals surface area contributed by atoms with Gasteiger partial charge < -0.3 is 9.47 Å². The van der Waals surface area contributed by atoms with Crippen LogP contribution in [-0.2, 0) is 6.42 Å². The third kappa shape index (κ3) is 3.76. The van der Waals surface area contributed by atoms with Crippen molar-refractivity contribution < 1.29 is 9.47 Å². The van der Waals surface area contributed by atoms with E-state index in [1.807, 2.05) is 37.3 Å². The molecule has 20 heavy (non-hydrogen) atoms. The number of ether oxygens (including phenoxy) is 2. The summed E-state index contributed by atoms with van der Waals surface area (Å²) in [6, 6.07) is 16.3. The van der Waals surface area contributed by atoms with Crippen molar-refractivity contribution in [3.63, 3.8) is 0 Å². The monoisotopic (exact) mass is 334 g/mol. The Balaban J connectivity index is 2.09. The Morgan fingerprint density at radius 3 is 2.40 bits per heavy atom. The largest absolute Gasteiger partial charge is 0.496 e. The molecule has 3 heteroatoms. The predicted octanol–water partition coefficient (Wildman–Crippen LogP) is 4.77. The summed E-state index contributed by atoms with van der Waals surface area (Å²) < 4.78 is 10.9. The van der Waals surface area contributed by atoms with Gasteiger partial charge in [0.2, 0.25) is 0 Å². The van der Waals surface area contributed by atoms with Gasteiger partial charge in [0.1, 0.15) is 11.5 Å². The summed E-state index contributed by atoms with van der Waals surface area (Å²) in [4.78, 5) is 0.259. The first kappa shape index (κ1) is 14.9. The van der Waals surface area contributed by atoms with Crippen LogP contribution in [0, 0.1) is 0 Å². The first-order chi connectivity index (χ1) is 9.74. The summed E-state index contributed by atoms with van der Waals surface area (Å²) in [7, 11) is 1.71. The smallest absolute Gasteiger partial charge is 0.122 e. The van der Waals surface area contributed by atoms with Gasteiger partial charge in [-0.15, -0.1) is 0 Å². The maximum Gasteiger partial charge on any atom is 0.122 e. The fraction of sp³-hybridized carbons (Fsp3) is 0.294. The first-order valence-corrected chi connectivity index (χ1v) is 7.65. The van der Waals surface area contributed by atoms with Gasteiger partial charge >= 0.3 is 0 Å². The summed E-state index contributed by atoms with van der Waals surface area (Å²) in [5.41, 5.74) is 2.44. The van der Waals surface area contributed by atoms with Crippen molar-refractivity contribution in [2.75, 3.05) is 13.7 Å². The van der Waals surface area contributed by atoms with Crippen molar-refractivity contribution in [2.45, 2.75) is 18.2 Å². The van der Waals surface area contributed by atoms with Crippen LogP contribution in [0.5, 0.6) is 11.5 Å². The Morgan fingerprint density at radius 2 is 1.75 bits per heavy atom.